The molecule has 0 aromatic carbocycles. The first-order chi connectivity index (χ1) is 7.83. The average molecular weight is 212 g/mol. The number of hydrogen-bond donors (Lipinski definition) is 0. The summed E-state index contributed by atoms with van der Waals surface area (Å²) in [5, 5.41) is 0. The topological polar surface area (TPSA) is 16.1 Å². The molecule has 2 heteroatoms. The quantitative estimate of drug-likeness (QED) is 0.664. The van der Waals surface area contributed by atoms with Crippen molar-refractivity contribution >= 4 is 0 Å². The van der Waals surface area contributed by atoms with Crippen LogP contribution in [0.15, 0.2) is 36.7 Å². The first kappa shape index (κ1) is 8.94. The summed E-state index contributed by atoms with van der Waals surface area (Å²) in [7, 11) is 2.28. The highest BCUT2D eigenvalue weighted by molar-refractivity contribution is 5.37. The number of rotatable bonds is 1. The summed E-state index contributed by atoms with van der Waals surface area (Å²) in [5.74, 6) is 0.737. The van der Waals surface area contributed by atoms with Crippen molar-refractivity contribution in [3.05, 3.63) is 42.2 Å². The minimum Gasteiger partial charge on any atom is -0.295 e. The van der Waals surface area contributed by atoms with Crippen LogP contribution in [0.3, 0.4) is 0 Å². The Balaban J connectivity index is 1.78. The Hall–Kier alpha value is -1.15. The van der Waals surface area contributed by atoms with Gasteiger partial charge >= 0.3 is 0 Å². The molecule has 2 fully saturated rings. The summed E-state index contributed by atoms with van der Waals surface area (Å²) >= 11 is 0. The van der Waals surface area contributed by atoms with E-state index in [4.69, 9.17) is 0 Å². The molecular weight excluding hydrogens is 196 g/mol. The van der Waals surface area contributed by atoms with Crippen molar-refractivity contribution in [3.8, 4) is 0 Å². The van der Waals surface area contributed by atoms with Crippen LogP contribution in [0.5, 0.6) is 0 Å². The molecule has 0 radical (unpaired) electrons. The number of hydrogen-bond acceptors (Lipinski definition) is 2. The highest BCUT2D eigenvalue weighted by atomic mass is 15.2. The maximum absolute atomic E-state index is 4.26. The van der Waals surface area contributed by atoms with Crippen molar-refractivity contribution in [2.45, 2.75) is 24.9 Å². The van der Waals surface area contributed by atoms with Crippen molar-refractivity contribution in [2.75, 3.05) is 7.05 Å². The largest absolute Gasteiger partial charge is 0.295 e. The van der Waals surface area contributed by atoms with Crippen molar-refractivity contribution in [1.82, 2.24) is 9.88 Å². The summed E-state index contributed by atoms with van der Waals surface area (Å²) < 4.78 is 0. The van der Waals surface area contributed by atoms with Gasteiger partial charge in [0.25, 0.3) is 0 Å². The first-order valence-corrected chi connectivity index (χ1v) is 6.14. The number of aromatic nitrogens is 1. The lowest BCUT2D eigenvalue weighted by Crippen LogP contribution is -2.50. The van der Waals surface area contributed by atoms with Crippen LogP contribution in [0.2, 0.25) is 0 Å². The lowest BCUT2D eigenvalue weighted by molar-refractivity contribution is 0.0739. The van der Waals surface area contributed by atoms with Crippen LogP contribution in [0.4, 0.5) is 0 Å². The highest BCUT2D eigenvalue weighted by Crippen LogP contribution is 2.66. The van der Waals surface area contributed by atoms with Crippen LogP contribution in [-0.2, 0) is 0 Å². The van der Waals surface area contributed by atoms with E-state index in [9.17, 15) is 0 Å². The fourth-order valence-electron chi connectivity index (χ4n) is 4.07. The Morgan fingerprint density at radius 2 is 2.44 bits per heavy atom. The molecule has 0 amide bonds. The molecule has 0 N–H and O–H groups in total. The third-order valence-corrected chi connectivity index (χ3v) is 5.00. The second-order valence-corrected chi connectivity index (χ2v) is 5.45. The van der Waals surface area contributed by atoms with E-state index in [1.165, 1.54) is 18.4 Å². The number of likely N-dealkylation sites (tertiary alicyclic amines) is 1. The van der Waals surface area contributed by atoms with E-state index in [1.54, 1.807) is 0 Å². The fraction of sp³-hybridized carbons (Fsp3) is 0.500. The van der Waals surface area contributed by atoms with Crippen LogP contribution in [-0.4, -0.2) is 23.0 Å². The molecule has 4 rings (SSSR count). The number of nitrogens with zero attached hydrogens (tertiary/aromatic N) is 2. The molecule has 1 saturated heterocycles. The smallest absolute Gasteiger partial charge is 0.0435 e. The molecular formula is C14H16N2. The minimum absolute atomic E-state index is 0.537. The predicted octanol–water partition coefficient (Wildman–Crippen LogP) is 2.40. The third kappa shape index (κ3) is 0.822. The molecule has 1 spiro atoms. The van der Waals surface area contributed by atoms with Crippen LogP contribution < -0.4 is 0 Å². The van der Waals surface area contributed by atoms with E-state index in [1.807, 2.05) is 12.4 Å². The van der Waals surface area contributed by atoms with Gasteiger partial charge in [0.2, 0.25) is 0 Å². The van der Waals surface area contributed by atoms with Gasteiger partial charge in [-0.3, -0.25) is 9.88 Å². The maximum atomic E-state index is 4.26. The molecule has 4 unspecified atom stereocenters. The third-order valence-electron chi connectivity index (χ3n) is 5.00. The first-order valence-electron chi connectivity index (χ1n) is 6.14. The van der Waals surface area contributed by atoms with E-state index in [-0.39, 0.29) is 0 Å². The highest BCUT2D eigenvalue weighted by Gasteiger charge is 2.64. The molecule has 4 atom stereocenters. The Kier molecular flexibility index (Phi) is 1.54. The molecule has 2 nitrogen and oxygen atoms in total. The lowest BCUT2D eigenvalue weighted by Gasteiger charge is -2.51. The molecule has 0 bridgehead atoms. The maximum Gasteiger partial charge on any atom is 0.0435 e. The summed E-state index contributed by atoms with van der Waals surface area (Å²) in [5.41, 5.74) is 1.92. The Bertz CT molecular complexity index is 453. The van der Waals surface area contributed by atoms with Gasteiger partial charge in [0.05, 0.1) is 0 Å². The number of pyridine rings is 1. The zero-order chi connectivity index (χ0) is 10.8. The summed E-state index contributed by atoms with van der Waals surface area (Å²) in [6, 6.07) is 5.62. The molecule has 3 aliphatic rings. The second kappa shape index (κ2) is 2.75. The Labute approximate surface area is 96.0 Å². The molecule has 1 aromatic heterocycles. The molecule has 2 heterocycles. The zero-order valence-electron chi connectivity index (χ0n) is 9.50. The van der Waals surface area contributed by atoms with Crippen LogP contribution in [0.25, 0.3) is 0 Å². The van der Waals surface area contributed by atoms with Gasteiger partial charge in [0, 0.05) is 35.8 Å². The Morgan fingerprint density at radius 1 is 1.50 bits per heavy atom. The monoisotopic (exact) mass is 212 g/mol. The minimum atomic E-state index is 0.537. The van der Waals surface area contributed by atoms with Gasteiger partial charge in [-0.05, 0) is 31.5 Å². The van der Waals surface area contributed by atoms with Crippen molar-refractivity contribution in [3.63, 3.8) is 0 Å². The van der Waals surface area contributed by atoms with Gasteiger partial charge in [-0.2, -0.15) is 0 Å². The van der Waals surface area contributed by atoms with Crippen molar-refractivity contribution in [1.29, 1.82) is 0 Å². The van der Waals surface area contributed by atoms with E-state index < -0.39 is 0 Å². The van der Waals surface area contributed by atoms with Crippen molar-refractivity contribution in [2.24, 2.45) is 11.3 Å². The van der Waals surface area contributed by atoms with Crippen LogP contribution in [0.1, 0.15) is 24.4 Å². The molecule has 16 heavy (non-hydrogen) atoms. The van der Waals surface area contributed by atoms with E-state index >= 15 is 0 Å². The van der Waals surface area contributed by atoms with Crippen LogP contribution >= 0.6 is 0 Å². The van der Waals surface area contributed by atoms with E-state index in [0.29, 0.717) is 11.5 Å². The summed E-state index contributed by atoms with van der Waals surface area (Å²) in [6.45, 7) is 0. The van der Waals surface area contributed by atoms with Crippen molar-refractivity contribution < 1.29 is 0 Å². The van der Waals surface area contributed by atoms with Gasteiger partial charge in [-0.15, -0.1) is 0 Å². The lowest BCUT2D eigenvalue weighted by atomic mass is 9.53. The van der Waals surface area contributed by atoms with E-state index in [0.717, 1.165) is 12.0 Å². The van der Waals surface area contributed by atoms with Gasteiger partial charge in [-0.25, -0.2) is 0 Å². The fourth-order valence-corrected chi connectivity index (χ4v) is 4.07. The predicted molar refractivity (Wildman–Crippen MR) is 62.8 cm³/mol. The van der Waals surface area contributed by atoms with Gasteiger partial charge in [0.15, 0.2) is 0 Å². The van der Waals surface area contributed by atoms with E-state index in [2.05, 4.69) is 41.2 Å². The molecule has 1 aromatic rings. The normalized spacial score (nSPS) is 44.4. The second-order valence-electron chi connectivity index (χ2n) is 5.45. The molecule has 2 aliphatic carbocycles. The zero-order valence-corrected chi connectivity index (χ0v) is 9.50. The standard InChI is InChI=1S/C14H16N2/c1-16-12-5-7-14(12)6-4-11(14)13(16)10-3-2-8-15-9-10/h2-4,6,8-9,11-13H,5,7H2,1H3. The molecule has 82 valence electrons. The average Bonchev–Trinajstić information content (AvgIpc) is 2.33. The van der Waals surface area contributed by atoms with Gasteiger partial charge in [0.1, 0.15) is 0 Å². The Morgan fingerprint density at radius 3 is 2.94 bits per heavy atom. The summed E-state index contributed by atoms with van der Waals surface area (Å²) in [6.07, 6.45) is 11.5. The van der Waals surface area contributed by atoms with Gasteiger partial charge in [-0.1, -0.05) is 18.2 Å². The van der Waals surface area contributed by atoms with Crippen LogP contribution in [0, 0.1) is 11.3 Å². The molecule has 1 saturated carbocycles. The molecule has 1 aliphatic heterocycles. The summed E-state index contributed by atoms with van der Waals surface area (Å²) in [4.78, 5) is 6.84. The SMILES string of the molecule is CN1C(c2cccnc2)C2C=CC23CCC13. The van der Waals surface area contributed by atoms with Gasteiger partial charge < -0.3 is 0 Å².